The number of alkyl halides is 3. The average Bonchev–Trinajstić information content (AvgIpc) is 2.79. The van der Waals surface area contributed by atoms with Crippen LogP contribution in [-0.2, 0) is 7.05 Å². The van der Waals surface area contributed by atoms with Crippen LogP contribution in [0.15, 0.2) is 46.1 Å². The maximum absolute atomic E-state index is 13.1. The van der Waals surface area contributed by atoms with Gasteiger partial charge in [-0.1, -0.05) is 18.5 Å². The van der Waals surface area contributed by atoms with Crippen molar-refractivity contribution in [3.63, 3.8) is 0 Å². The Balaban J connectivity index is 1.63. The molecule has 3 heterocycles. The van der Waals surface area contributed by atoms with Crippen LogP contribution in [0.5, 0.6) is 5.75 Å². The lowest BCUT2D eigenvalue weighted by Crippen LogP contribution is -2.52. The summed E-state index contributed by atoms with van der Waals surface area (Å²) in [4.78, 5) is 44.7. The zero-order chi connectivity index (χ0) is 25.7. The number of aryl methyl sites for hydroxylation is 1. The van der Waals surface area contributed by atoms with Gasteiger partial charge in [-0.15, -0.1) is 13.2 Å². The van der Waals surface area contributed by atoms with E-state index in [0.29, 0.717) is 22.6 Å². The number of aromatic nitrogens is 3. The number of benzene rings is 1. The topological polar surface area (TPSA) is 86.4 Å². The molecule has 1 aliphatic heterocycles. The number of halogens is 4. The van der Waals surface area contributed by atoms with Gasteiger partial charge in [0.15, 0.2) is 5.65 Å². The first kappa shape index (κ1) is 24.8. The van der Waals surface area contributed by atoms with Crippen molar-refractivity contribution in [2.45, 2.75) is 38.7 Å². The fourth-order valence-electron chi connectivity index (χ4n) is 4.54. The maximum Gasteiger partial charge on any atom is 0.573 e. The van der Waals surface area contributed by atoms with E-state index in [9.17, 15) is 27.6 Å². The summed E-state index contributed by atoms with van der Waals surface area (Å²) < 4.78 is 43.7. The van der Waals surface area contributed by atoms with Gasteiger partial charge in [0.25, 0.3) is 5.91 Å². The monoisotopic (exact) mass is 510 g/mol. The molecule has 4 rings (SSSR count). The van der Waals surface area contributed by atoms with Crippen LogP contribution < -0.4 is 15.9 Å². The molecule has 1 aliphatic rings. The normalized spacial score (nSPS) is 20.8. The Morgan fingerprint density at radius 2 is 1.80 bits per heavy atom. The van der Waals surface area contributed by atoms with Gasteiger partial charge in [0.1, 0.15) is 5.75 Å². The van der Waals surface area contributed by atoms with E-state index in [4.69, 9.17) is 11.6 Å². The lowest BCUT2D eigenvalue weighted by atomic mass is 9.88. The third-order valence-electron chi connectivity index (χ3n) is 6.29. The first-order valence-electron chi connectivity index (χ1n) is 10.8. The first-order chi connectivity index (χ1) is 16.4. The lowest BCUT2D eigenvalue weighted by Gasteiger charge is -2.42. The summed E-state index contributed by atoms with van der Waals surface area (Å²) in [6, 6.07) is 5.56. The molecule has 0 saturated carbocycles. The zero-order valence-corrected chi connectivity index (χ0v) is 19.8. The molecule has 1 aromatic carbocycles. The largest absolute Gasteiger partial charge is 0.573 e. The minimum Gasteiger partial charge on any atom is -0.406 e. The summed E-state index contributed by atoms with van der Waals surface area (Å²) in [7, 11) is 1.48. The summed E-state index contributed by atoms with van der Waals surface area (Å²) in [6.45, 7) is 3.95. The van der Waals surface area contributed by atoms with Crippen LogP contribution in [0.1, 0.15) is 36.7 Å². The number of rotatable bonds is 3. The molecule has 1 saturated heterocycles. The van der Waals surface area contributed by atoms with E-state index in [1.165, 1.54) is 34.5 Å². The Bertz CT molecular complexity index is 1400. The smallest absolute Gasteiger partial charge is 0.406 e. The van der Waals surface area contributed by atoms with Gasteiger partial charge < -0.3 is 14.2 Å². The minimum absolute atomic E-state index is 0.213. The highest BCUT2D eigenvalue weighted by atomic mass is 35.5. The summed E-state index contributed by atoms with van der Waals surface area (Å²) in [5, 5.41) is 0.325. The van der Waals surface area contributed by atoms with Crippen molar-refractivity contribution < 1.29 is 22.7 Å². The van der Waals surface area contributed by atoms with Gasteiger partial charge in [-0.2, -0.15) is 0 Å². The summed E-state index contributed by atoms with van der Waals surface area (Å²) >= 11 is 6.05. The van der Waals surface area contributed by atoms with Crippen LogP contribution in [-0.4, -0.2) is 43.9 Å². The minimum atomic E-state index is -4.82. The van der Waals surface area contributed by atoms with E-state index < -0.39 is 29.3 Å². The number of fused-ring (bicyclic) bond motifs is 1. The summed E-state index contributed by atoms with van der Waals surface area (Å²) in [6.07, 6.45) is -3.05. The highest BCUT2D eigenvalue weighted by Crippen LogP contribution is 2.33. The first-order valence-corrected chi connectivity index (χ1v) is 11.2. The third kappa shape index (κ3) is 4.77. The number of hydrogen-bond donors (Lipinski definition) is 0. The van der Waals surface area contributed by atoms with E-state index in [1.807, 2.05) is 13.8 Å². The fraction of sp³-hybridized carbons (Fsp3) is 0.391. The molecular weight excluding hydrogens is 489 g/mol. The van der Waals surface area contributed by atoms with Gasteiger partial charge in [-0.05, 0) is 49.6 Å². The molecule has 0 aliphatic carbocycles. The van der Waals surface area contributed by atoms with Crippen molar-refractivity contribution >= 4 is 28.7 Å². The highest BCUT2D eigenvalue weighted by Gasteiger charge is 2.37. The van der Waals surface area contributed by atoms with Gasteiger partial charge in [-0.25, -0.2) is 4.98 Å². The van der Waals surface area contributed by atoms with E-state index in [-0.39, 0.29) is 30.0 Å². The van der Waals surface area contributed by atoms with E-state index >= 15 is 0 Å². The number of likely N-dealkylation sites (tertiary alicyclic amines) is 1. The number of amides is 1. The van der Waals surface area contributed by atoms with Crippen LogP contribution in [0.25, 0.3) is 11.2 Å². The second kappa shape index (κ2) is 9.03. The molecule has 3 aromatic rings. The summed E-state index contributed by atoms with van der Waals surface area (Å²) in [5.74, 6) is -1.00. The van der Waals surface area contributed by atoms with Crippen LogP contribution >= 0.6 is 11.6 Å². The quantitative estimate of drug-likeness (QED) is 0.501. The second-order valence-corrected chi connectivity index (χ2v) is 9.13. The molecule has 1 fully saturated rings. The Labute approximate surface area is 202 Å². The molecule has 0 bridgehead atoms. The number of ether oxygens (including phenoxy) is 1. The van der Waals surface area contributed by atoms with Crippen molar-refractivity contribution in [3.05, 3.63) is 67.8 Å². The molecule has 0 radical (unpaired) electrons. The van der Waals surface area contributed by atoms with Gasteiger partial charge >= 0.3 is 17.5 Å². The number of carbonyl (C=O) groups is 1. The summed E-state index contributed by atoms with van der Waals surface area (Å²) in [5.41, 5.74) is -0.461. The van der Waals surface area contributed by atoms with E-state index in [1.54, 1.807) is 11.0 Å². The fourth-order valence-corrected chi connectivity index (χ4v) is 4.69. The van der Waals surface area contributed by atoms with Crippen LogP contribution in [0.4, 0.5) is 13.2 Å². The van der Waals surface area contributed by atoms with E-state index in [0.717, 1.165) is 12.1 Å². The molecule has 12 heteroatoms. The van der Waals surface area contributed by atoms with E-state index in [2.05, 4.69) is 9.72 Å². The van der Waals surface area contributed by atoms with Gasteiger partial charge in [0, 0.05) is 37.4 Å². The van der Waals surface area contributed by atoms with Crippen molar-refractivity contribution in [2.75, 3.05) is 6.54 Å². The van der Waals surface area contributed by atoms with Crippen LogP contribution in [0.2, 0.25) is 5.02 Å². The number of hydrogen-bond acceptors (Lipinski definition) is 5. The van der Waals surface area contributed by atoms with Gasteiger partial charge in [0.05, 0.1) is 10.5 Å². The molecule has 35 heavy (non-hydrogen) atoms. The third-order valence-corrected chi connectivity index (χ3v) is 6.50. The molecule has 0 N–H and O–H groups in total. The van der Waals surface area contributed by atoms with Crippen molar-refractivity contribution in [3.8, 4) is 5.75 Å². The molecule has 2 aromatic heterocycles. The highest BCUT2D eigenvalue weighted by molar-refractivity contribution is 6.31. The molecule has 186 valence electrons. The predicted octanol–water partition coefficient (Wildman–Crippen LogP) is 3.76. The number of pyridine rings is 1. The average molecular weight is 511 g/mol. The molecular formula is C23H22ClF3N4O4. The number of piperidine rings is 1. The second-order valence-electron chi connectivity index (χ2n) is 8.69. The molecule has 0 spiro atoms. The maximum atomic E-state index is 13.1. The van der Waals surface area contributed by atoms with Gasteiger partial charge in [-0.3, -0.25) is 19.0 Å². The van der Waals surface area contributed by atoms with Crippen molar-refractivity contribution in [1.29, 1.82) is 0 Å². The Morgan fingerprint density at radius 1 is 1.14 bits per heavy atom. The Morgan fingerprint density at radius 3 is 2.43 bits per heavy atom. The predicted molar refractivity (Wildman–Crippen MR) is 123 cm³/mol. The van der Waals surface area contributed by atoms with Crippen LogP contribution in [0, 0.1) is 5.92 Å². The standard InChI is InChI=1S/C23H22ClF3N4O4/c1-12-11-30(20(32)14-4-6-16(7-5-14)35-23(25,26)27)13(2)8-17(12)31-19-18(9-15(24)10-28-19)29(3)21(33)22(31)34/h4-7,9-10,12-13,17H,8,11H2,1-3H3/t12-,13+,17?/m0/s1. The zero-order valence-electron chi connectivity index (χ0n) is 19.0. The van der Waals surface area contributed by atoms with Gasteiger partial charge in [0.2, 0.25) is 0 Å². The molecule has 8 nitrogen and oxygen atoms in total. The van der Waals surface area contributed by atoms with Crippen molar-refractivity contribution in [1.82, 2.24) is 19.0 Å². The number of nitrogens with zero attached hydrogens (tertiary/aromatic N) is 4. The number of carbonyl (C=O) groups excluding carboxylic acids is 1. The van der Waals surface area contributed by atoms with Crippen molar-refractivity contribution in [2.24, 2.45) is 13.0 Å². The molecule has 3 atom stereocenters. The molecule has 1 amide bonds. The Kier molecular flexibility index (Phi) is 6.39. The lowest BCUT2D eigenvalue weighted by molar-refractivity contribution is -0.274. The SMILES string of the molecule is C[C@@H]1CC(n2c(=O)c(=O)n(C)c3cc(Cl)cnc32)[C@@H](C)CN1C(=O)c1ccc(OC(F)(F)F)cc1. The Hall–Kier alpha value is -3.34. The molecule has 1 unspecified atom stereocenters. The van der Waals surface area contributed by atoms with Crippen LogP contribution in [0.3, 0.4) is 0 Å².